The molecule has 0 bridgehead atoms. The first-order valence-electron chi connectivity index (χ1n) is 8.36. The first kappa shape index (κ1) is 19.8. The predicted octanol–water partition coefficient (Wildman–Crippen LogP) is 3.28. The lowest BCUT2D eigenvalue weighted by Gasteiger charge is -2.08. The summed E-state index contributed by atoms with van der Waals surface area (Å²) in [5.74, 6) is -0.941. The Balaban J connectivity index is 2.17. The van der Waals surface area contributed by atoms with Crippen LogP contribution in [0.4, 0.5) is 5.00 Å². The Bertz CT molecular complexity index is 851. The van der Waals surface area contributed by atoms with Crippen LogP contribution in [0.25, 0.3) is 0 Å². The Morgan fingerprint density at radius 2 is 1.96 bits per heavy atom. The lowest BCUT2D eigenvalue weighted by atomic mass is 10.1. The number of anilines is 1. The molecule has 2 heterocycles. The standard InChI is InChI=1S/C18H23N3O4S/c1-6-25-18(24)15-12(4)16(13(5)22)26-17(15)19-14(23)7-8-21-11(3)9-10(2)20-21/h9H,6-8H2,1-5H3,(H,19,23). The number of carbonyl (C=O) groups is 3. The largest absolute Gasteiger partial charge is 0.462 e. The Kier molecular flexibility index (Phi) is 6.31. The summed E-state index contributed by atoms with van der Waals surface area (Å²) >= 11 is 1.10. The number of nitrogens with zero attached hydrogens (tertiary/aromatic N) is 2. The number of nitrogens with one attached hydrogen (secondary N) is 1. The minimum absolute atomic E-state index is 0.152. The number of aromatic nitrogens is 2. The molecule has 0 aliphatic rings. The van der Waals surface area contributed by atoms with Gasteiger partial charge in [0.25, 0.3) is 0 Å². The number of hydrogen-bond acceptors (Lipinski definition) is 6. The van der Waals surface area contributed by atoms with Gasteiger partial charge in [0.2, 0.25) is 5.91 Å². The van der Waals surface area contributed by atoms with Gasteiger partial charge < -0.3 is 10.1 Å². The second kappa shape index (κ2) is 8.27. The molecule has 0 spiro atoms. The molecule has 7 nitrogen and oxygen atoms in total. The third-order valence-corrected chi connectivity index (χ3v) is 5.16. The minimum atomic E-state index is -0.539. The highest BCUT2D eigenvalue weighted by atomic mass is 32.1. The molecule has 8 heteroatoms. The van der Waals surface area contributed by atoms with Gasteiger partial charge >= 0.3 is 5.97 Å². The van der Waals surface area contributed by atoms with Crippen molar-refractivity contribution in [3.63, 3.8) is 0 Å². The molecule has 0 saturated carbocycles. The fraction of sp³-hybridized carbons (Fsp3) is 0.444. The van der Waals surface area contributed by atoms with Crippen LogP contribution < -0.4 is 5.32 Å². The van der Waals surface area contributed by atoms with Crippen LogP contribution in [0, 0.1) is 20.8 Å². The number of aryl methyl sites for hydroxylation is 3. The van der Waals surface area contributed by atoms with E-state index >= 15 is 0 Å². The van der Waals surface area contributed by atoms with E-state index in [0.717, 1.165) is 22.7 Å². The van der Waals surface area contributed by atoms with Crippen LogP contribution in [0.1, 0.15) is 57.2 Å². The molecule has 0 aliphatic heterocycles. The summed E-state index contributed by atoms with van der Waals surface area (Å²) in [5, 5.41) is 7.42. The molecule has 0 aliphatic carbocycles. The zero-order valence-electron chi connectivity index (χ0n) is 15.6. The molecule has 0 radical (unpaired) electrons. The first-order valence-corrected chi connectivity index (χ1v) is 9.18. The van der Waals surface area contributed by atoms with Crippen molar-refractivity contribution in [1.29, 1.82) is 0 Å². The van der Waals surface area contributed by atoms with Crippen molar-refractivity contribution in [3.8, 4) is 0 Å². The molecule has 0 atom stereocenters. The highest BCUT2D eigenvalue weighted by Crippen LogP contribution is 2.34. The van der Waals surface area contributed by atoms with Crippen LogP contribution in [-0.2, 0) is 16.1 Å². The van der Waals surface area contributed by atoms with Crippen LogP contribution in [0.15, 0.2) is 6.07 Å². The second-order valence-corrected chi connectivity index (χ2v) is 7.01. The van der Waals surface area contributed by atoms with E-state index in [1.54, 1.807) is 18.5 Å². The van der Waals surface area contributed by atoms with Gasteiger partial charge in [-0.3, -0.25) is 14.3 Å². The smallest absolute Gasteiger partial charge is 0.341 e. The Morgan fingerprint density at radius 3 is 2.50 bits per heavy atom. The van der Waals surface area contributed by atoms with Crippen LogP contribution in [0.5, 0.6) is 0 Å². The van der Waals surface area contributed by atoms with Gasteiger partial charge in [-0.05, 0) is 46.2 Å². The van der Waals surface area contributed by atoms with Gasteiger partial charge in [-0.1, -0.05) is 0 Å². The van der Waals surface area contributed by atoms with E-state index in [1.807, 2.05) is 19.9 Å². The van der Waals surface area contributed by atoms with Crippen molar-refractivity contribution in [2.24, 2.45) is 0 Å². The average molecular weight is 377 g/mol. The summed E-state index contributed by atoms with van der Waals surface area (Å²) in [4.78, 5) is 36.8. The van der Waals surface area contributed by atoms with Crippen molar-refractivity contribution in [3.05, 3.63) is 33.5 Å². The molecular weight excluding hydrogens is 354 g/mol. The third kappa shape index (κ3) is 4.37. The van der Waals surface area contributed by atoms with Gasteiger partial charge in [-0.2, -0.15) is 5.10 Å². The second-order valence-electron chi connectivity index (χ2n) is 5.99. The third-order valence-electron chi connectivity index (χ3n) is 3.85. The van der Waals surface area contributed by atoms with Gasteiger partial charge in [0, 0.05) is 18.7 Å². The maximum atomic E-state index is 12.3. The Morgan fingerprint density at radius 1 is 1.27 bits per heavy atom. The number of carbonyl (C=O) groups excluding carboxylic acids is 3. The molecule has 0 fully saturated rings. The van der Waals surface area contributed by atoms with Gasteiger partial charge in [0.1, 0.15) is 5.00 Å². The van der Waals surface area contributed by atoms with E-state index in [4.69, 9.17) is 4.74 Å². The number of ketones is 1. The number of thiophene rings is 1. The maximum Gasteiger partial charge on any atom is 0.341 e. The van der Waals surface area contributed by atoms with Crippen LogP contribution in [0.2, 0.25) is 0 Å². The summed E-state index contributed by atoms with van der Waals surface area (Å²) in [7, 11) is 0. The first-order chi connectivity index (χ1) is 12.2. The molecule has 1 amide bonds. The lowest BCUT2D eigenvalue weighted by Crippen LogP contribution is -2.17. The number of Topliss-reactive ketones (excluding diaryl/α,β-unsaturated/α-hetero) is 1. The van der Waals surface area contributed by atoms with E-state index in [0.29, 0.717) is 22.0 Å². The van der Waals surface area contributed by atoms with E-state index in [2.05, 4.69) is 10.4 Å². The van der Waals surface area contributed by atoms with Crippen LogP contribution in [-0.4, -0.2) is 34.0 Å². The minimum Gasteiger partial charge on any atom is -0.462 e. The summed E-state index contributed by atoms with van der Waals surface area (Å²) in [6.45, 7) is 9.30. The monoisotopic (exact) mass is 377 g/mol. The summed E-state index contributed by atoms with van der Waals surface area (Å²) in [6, 6.07) is 1.94. The maximum absolute atomic E-state index is 12.3. The molecular formula is C18H23N3O4S. The Labute approximate surface area is 156 Å². The quantitative estimate of drug-likeness (QED) is 0.591. The fourth-order valence-corrected chi connectivity index (χ4v) is 3.79. The summed E-state index contributed by atoms with van der Waals surface area (Å²) in [6.07, 6.45) is 0.205. The lowest BCUT2D eigenvalue weighted by molar-refractivity contribution is -0.116. The number of amides is 1. The van der Waals surface area contributed by atoms with Gasteiger partial charge in [-0.15, -0.1) is 11.3 Å². The predicted molar refractivity (Wildman–Crippen MR) is 100.0 cm³/mol. The molecule has 140 valence electrons. The van der Waals surface area contributed by atoms with E-state index in [9.17, 15) is 14.4 Å². The number of rotatable bonds is 7. The zero-order chi connectivity index (χ0) is 19.4. The highest BCUT2D eigenvalue weighted by Gasteiger charge is 2.25. The van der Waals surface area contributed by atoms with Crippen LogP contribution >= 0.6 is 11.3 Å². The summed E-state index contributed by atoms with van der Waals surface area (Å²) in [5.41, 5.74) is 2.66. The van der Waals surface area contributed by atoms with Crippen molar-refractivity contribution < 1.29 is 19.1 Å². The summed E-state index contributed by atoms with van der Waals surface area (Å²) < 4.78 is 6.83. The molecule has 2 rings (SSSR count). The molecule has 0 saturated heterocycles. The van der Waals surface area contributed by atoms with Gasteiger partial charge in [0.05, 0.1) is 22.7 Å². The van der Waals surface area contributed by atoms with Gasteiger partial charge in [-0.25, -0.2) is 4.79 Å². The van der Waals surface area contributed by atoms with E-state index in [1.165, 1.54) is 6.92 Å². The van der Waals surface area contributed by atoms with Crippen molar-refractivity contribution in [2.45, 2.75) is 47.6 Å². The van der Waals surface area contributed by atoms with Gasteiger partial charge in [0.15, 0.2) is 5.78 Å². The van der Waals surface area contributed by atoms with Crippen molar-refractivity contribution in [2.75, 3.05) is 11.9 Å². The molecule has 2 aromatic rings. The Hall–Kier alpha value is -2.48. The average Bonchev–Trinajstić information content (AvgIpc) is 3.04. The zero-order valence-corrected chi connectivity index (χ0v) is 16.5. The topological polar surface area (TPSA) is 90.3 Å². The number of ether oxygens (including phenoxy) is 1. The molecule has 0 unspecified atom stereocenters. The normalized spacial score (nSPS) is 10.7. The molecule has 2 aromatic heterocycles. The van der Waals surface area contributed by atoms with E-state index < -0.39 is 5.97 Å². The highest BCUT2D eigenvalue weighted by molar-refractivity contribution is 7.18. The molecule has 26 heavy (non-hydrogen) atoms. The van der Waals surface area contributed by atoms with E-state index in [-0.39, 0.29) is 30.3 Å². The fourth-order valence-electron chi connectivity index (χ4n) is 2.68. The van der Waals surface area contributed by atoms with Crippen molar-refractivity contribution in [1.82, 2.24) is 9.78 Å². The molecule has 1 N–H and O–H groups in total. The SMILES string of the molecule is CCOC(=O)c1c(NC(=O)CCn2nc(C)cc2C)sc(C(C)=O)c1C. The van der Waals surface area contributed by atoms with Crippen LogP contribution in [0.3, 0.4) is 0 Å². The number of esters is 1. The molecule has 0 aromatic carbocycles. The van der Waals surface area contributed by atoms with Crippen molar-refractivity contribution >= 4 is 34.0 Å². The number of hydrogen-bond donors (Lipinski definition) is 1.